The van der Waals surface area contributed by atoms with Crippen molar-refractivity contribution in [1.82, 2.24) is 19.9 Å². The number of nitrogens with zero attached hydrogens (tertiary/aromatic N) is 6. The number of morpholine rings is 2. The number of aromatic nitrogens is 3. The third-order valence-corrected chi connectivity index (χ3v) is 9.92. The molecule has 0 spiro atoms. The lowest BCUT2D eigenvalue weighted by molar-refractivity contribution is 0.0300. The Kier molecular flexibility index (Phi) is 8.87. The number of amides is 1. The first kappa shape index (κ1) is 31.1. The molecule has 4 N–H and O–H groups in total. The van der Waals surface area contributed by atoms with Gasteiger partial charge in [0, 0.05) is 44.8 Å². The zero-order valence-corrected chi connectivity index (χ0v) is 26.3. The molecule has 1 amide bonds. The maximum absolute atomic E-state index is 13.5. The zero-order valence-electron chi connectivity index (χ0n) is 24.7. The number of hydrogen-bond donors (Lipinski definition) is 3. The summed E-state index contributed by atoms with van der Waals surface area (Å²) in [5.74, 6) is 0.287. The summed E-state index contributed by atoms with van der Waals surface area (Å²) < 4.78 is 35.8. The van der Waals surface area contributed by atoms with Gasteiger partial charge in [0.05, 0.1) is 42.6 Å². The molecular weight excluding hydrogens is 624 g/mol. The molecule has 3 aliphatic heterocycles. The predicted octanol–water partition coefficient (Wildman–Crippen LogP) is 1.59. The van der Waals surface area contributed by atoms with Gasteiger partial charge in [-0.05, 0) is 37.5 Å². The maximum atomic E-state index is 13.5. The number of hydrogen-bond acceptors (Lipinski definition) is 13. The second kappa shape index (κ2) is 12.8. The van der Waals surface area contributed by atoms with Crippen LogP contribution in [0.25, 0.3) is 0 Å². The number of anilines is 4. The highest BCUT2D eigenvalue weighted by molar-refractivity contribution is 7.89. The van der Waals surface area contributed by atoms with Gasteiger partial charge in [-0.1, -0.05) is 17.4 Å². The van der Waals surface area contributed by atoms with E-state index in [9.17, 15) is 23.1 Å². The summed E-state index contributed by atoms with van der Waals surface area (Å²) in [5, 5.41) is 18.5. The van der Waals surface area contributed by atoms with Crippen molar-refractivity contribution in [2.75, 3.05) is 74.3 Å². The molecule has 3 aliphatic rings. The first-order valence-electron chi connectivity index (χ1n) is 14.6. The van der Waals surface area contributed by atoms with Crippen LogP contribution in [0.1, 0.15) is 43.3 Å². The number of carboxylic acid groups (broad SMARTS) is 1. The molecule has 45 heavy (non-hydrogen) atoms. The summed E-state index contributed by atoms with van der Waals surface area (Å²) in [5.41, 5.74) is 2.12. The zero-order chi connectivity index (χ0) is 31.7. The van der Waals surface area contributed by atoms with Crippen molar-refractivity contribution in [3.8, 4) is 0 Å². The van der Waals surface area contributed by atoms with Crippen molar-refractivity contribution in [2.45, 2.75) is 31.2 Å². The molecule has 0 aliphatic carbocycles. The average Bonchev–Trinajstić information content (AvgIpc) is 3.40. The molecule has 2 aromatic heterocycles. The van der Waals surface area contributed by atoms with Crippen LogP contribution in [0.5, 0.6) is 0 Å². The highest BCUT2D eigenvalue weighted by Crippen LogP contribution is 2.36. The lowest BCUT2D eigenvalue weighted by Crippen LogP contribution is -2.41. The van der Waals surface area contributed by atoms with Gasteiger partial charge < -0.3 is 29.3 Å². The van der Waals surface area contributed by atoms with E-state index in [0.717, 1.165) is 41.1 Å². The maximum Gasteiger partial charge on any atom is 0.347 e. The normalized spacial score (nSPS) is 17.2. The first-order chi connectivity index (χ1) is 21.6. The molecule has 0 bridgehead atoms. The Balaban J connectivity index is 1.36. The fraction of sp³-hybridized carbons (Fsp3) is 0.464. The van der Waals surface area contributed by atoms with Crippen LogP contribution in [0.4, 0.5) is 22.7 Å². The number of ether oxygens (including phenoxy) is 2. The minimum absolute atomic E-state index is 0.0292. The van der Waals surface area contributed by atoms with E-state index in [1.54, 1.807) is 24.0 Å². The highest BCUT2D eigenvalue weighted by atomic mass is 32.2. The van der Waals surface area contributed by atoms with E-state index in [1.165, 1.54) is 6.07 Å². The number of nitrogens with two attached hydrogens (primary N) is 1. The Morgan fingerprint density at radius 3 is 2.38 bits per heavy atom. The van der Waals surface area contributed by atoms with Crippen molar-refractivity contribution < 1.29 is 32.6 Å². The van der Waals surface area contributed by atoms with Crippen LogP contribution >= 0.6 is 11.3 Å². The largest absolute Gasteiger partial charge is 0.477 e. The van der Waals surface area contributed by atoms with E-state index >= 15 is 0 Å². The number of carbonyl (C=O) groups is 2. The second-order valence-corrected chi connectivity index (χ2v) is 13.5. The molecule has 17 heteroatoms. The van der Waals surface area contributed by atoms with Crippen LogP contribution in [0, 0.1) is 6.92 Å². The molecule has 6 rings (SSSR count). The van der Waals surface area contributed by atoms with Crippen LogP contribution in [-0.4, -0.2) is 104 Å². The van der Waals surface area contributed by atoms with Gasteiger partial charge in [0.2, 0.25) is 16.0 Å². The van der Waals surface area contributed by atoms with Crippen LogP contribution < -0.4 is 20.3 Å². The van der Waals surface area contributed by atoms with Crippen LogP contribution in [-0.2, 0) is 32.5 Å². The number of rotatable bonds is 8. The van der Waals surface area contributed by atoms with E-state index < -0.39 is 21.9 Å². The predicted molar refractivity (Wildman–Crippen MR) is 166 cm³/mol. The Morgan fingerprint density at radius 1 is 1.02 bits per heavy atom. The van der Waals surface area contributed by atoms with E-state index in [-0.39, 0.29) is 21.3 Å². The minimum Gasteiger partial charge on any atom is -0.477 e. The van der Waals surface area contributed by atoms with Gasteiger partial charge in [-0.3, -0.25) is 10.1 Å². The molecular formula is C28H34N8O7S2. The molecule has 5 heterocycles. The third-order valence-electron chi connectivity index (χ3n) is 7.89. The van der Waals surface area contributed by atoms with E-state index in [0.29, 0.717) is 82.3 Å². The number of primary sulfonamides is 1. The van der Waals surface area contributed by atoms with Crippen LogP contribution in [0.2, 0.25) is 0 Å². The second-order valence-electron chi connectivity index (χ2n) is 10.9. The smallest absolute Gasteiger partial charge is 0.347 e. The Bertz CT molecular complexity index is 1720. The monoisotopic (exact) mass is 658 g/mol. The SMILES string of the molecule is Cc1nc(Nc2nc(N3CCOCC3)c3c(n2)N(Cc2ccc(S(N)(=O)=O)c(C(=O)N4CCOCC4)c2)CCC3)sc1C(=O)O. The third kappa shape index (κ3) is 6.72. The number of sulfonamides is 1. The summed E-state index contributed by atoms with van der Waals surface area (Å²) in [6.07, 6.45) is 1.59. The summed E-state index contributed by atoms with van der Waals surface area (Å²) in [6.45, 7) is 6.56. The molecule has 2 fully saturated rings. The lowest BCUT2D eigenvalue weighted by atomic mass is 10.0. The van der Waals surface area contributed by atoms with Gasteiger partial charge in [-0.2, -0.15) is 9.97 Å². The Labute approximate surface area is 264 Å². The fourth-order valence-electron chi connectivity index (χ4n) is 5.74. The number of aryl methyl sites for hydroxylation is 1. The van der Waals surface area contributed by atoms with Crippen molar-refractivity contribution in [3.05, 3.63) is 45.5 Å². The van der Waals surface area contributed by atoms with Gasteiger partial charge >= 0.3 is 5.97 Å². The number of carboxylic acids is 1. The summed E-state index contributed by atoms with van der Waals surface area (Å²) in [7, 11) is -4.15. The molecule has 15 nitrogen and oxygen atoms in total. The lowest BCUT2D eigenvalue weighted by Gasteiger charge is -2.35. The van der Waals surface area contributed by atoms with Crippen LogP contribution in [0.3, 0.4) is 0 Å². The van der Waals surface area contributed by atoms with E-state index in [2.05, 4.69) is 20.1 Å². The summed E-state index contributed by atoms with van der Waals surface area (Å²) in [6, 6.07) is 4.65. The molecule has 0 radical (unpaired) electrons. The Hall–Kier alpha value is -3.90. The van der Waals surface area contributed by atoms with E-state index in [1.807, 2.05) is 0 Å². The first-order valence-corrected chi connectivity index (χ1v) is 16.9. The Morgan fingerprint density at radius 2 is 1.71 bits per heavy atom. The molecule has 0 saturated carbocycles. The van der Waals surface area contributed by atoms with Crippen molar-refractivity contribution in [1.29, 1.82) is 0 Å². The van der Waals surface area contributed by atoms with Crippen molar-refractivity contribution >= 4 is 56.0 Å². The number of fused-ring (bicyclic) bond motifs is 1. The average molecular weight is 659 g/mol. The number of thiazole rings is 1. The molecule has 2 saturated heterocycles. The number of benzene rings is 1. The topological polar surface area (TPSA) is 193 Å². The molecule has 0 atom stereocenters. The molecule has 1 aromatic carbocycles. The summed E-state index contributed by atoms with van der Waals surface area (Å²) >= 11 is 1.01. The molecule has 0 unspecified atom stereocenters. The van der Waals surface area contributed by atoms with Gasteiger partial charge in [0.15, 0.2) is 5.13 Å². The minimum atomic E-state index is -4.15. The fourth-order valence-corrected chi connectivity index (χ4v) is 7.25. The van der Waals surface area contributed by atoms with Gasteiger partial charge in [0.1, 0.15) is 16.5 Å². The quantitative estimate of drug-likeness (QED) is 0.316. The van der Waals surface area contributed by atoms with Gasteiger partial charge in [0.25, 0.3) is 5.91 Å². The van der Waals surface area contributed by atoms with Gasteiger partial charge in [-0.25, -0.2) is 23.3 Å². The van der Waals surface area contributed by atoms with Gasteiger partial charge in [-0.15, -0.1) is 0 Å². The van der Waals surface area contributed by atoms with Crippen molar-refractivity contribution in [2.24, 2.45) is 5.14 Å². The summed E-state index contributed by atoms with van der Waals surface area (Å²) in [4.78, 5) is 44.9. The van der Waals surface area contributed by atoms with E-state index in [4.69, 9.17) is 24.6 Å². The molecule has 240 valence electrons. The molecule has 3 aromatic rings. The number of aromatic carboxylic acids is 1. The highest BCUT2D eigenvalue weighted by Gasteiger charge is 2.30. The number of nitrogens with one attached hydrogen (secondary N) is 1. The van der Waals surface area contributed by atoms with Crippen LogP contribution in [0.15, 0.2) is 23.1 Å². The van der Waals surface area contributed by atoms with Crippen molar-refractivity contribution in [3.63, 3.8) is 0 Å². The number of carbonyl (C=O) groups excluding carboxylic acids is 1. The standard InChI is InChI=1S/C28H34N8O7S2/c1-17-22(26(38)39)44-28(30-17)33-27-31-23(34-7-11-42-12-8-34)19-3-2-6-36(24(19)32-27)16-18-4-5-21(45(29,40)41)20(15-18)25(37)35-9-13-43-14-10-35/h4-5,15H,2-3,6-14,16H2,1H3,(H,38,39)(H2,29,40,41)(H,30,31,32,33).